The van der Waals surface area contributed by atoms with Crippen LogP contribution in [0.2, 0.25) is 0 Å². The van der Waals surface area contributed by atoms with Crippen molar-refractivity contribution in [3.05, 3.63) is 74.9 Å². The van der Waals surface area contributed by atoms with Gasteiger partial charge in [-0.2, -0.15) is 14.9 Å². The third-order valence-corrected chi connectivity index (χ3v) is 5.93. The molecule has 0 aliphatic carbocycles. The molecule has 0 fully saturated rings. The third-order valence-electron chi connectivity index (χ3n) is 5.67. The second kappa shape index (κ2) is 7.65. The molecule has 2 N–H and O–H groups in total. The summed E-state index contributed by atoms with van der Waals surface area (Å²) in [7, 11) is 1.75. The summed E-state index contributed by atoms with van der Waals surface area (Å²) in [6.07, 6.45) is 1.44. The lowest BCUT2D eigenvalue weighted by molar-refractivity contribution is -0.120. The Labute approximate surface area is 188 Å². The topological polar surface area (TPSA) is 108 Å². The zero-order valence-corrected chi connectivity index (χ0v) is 18.1. The number of aryl methyl sites for hydroxylation is 1. The molecule has 160 valence electrons. The number of aromatic nitrogens is 3. The standard InChI is InChI=1S/C22H19N7O2S/c1-12-20(30)29(22(32)27-26-12)23-11-16-18-19(25-15-9-5-4-8-14(15)24-16)13-7-3-6-10-17(13)28(2)21(18)31/h3-11,18-19,25H,1-2H3,(H,27,32)/b23-11+. The van der Waals surface area contributed by atoms with E-state index in [9.17, 15) is 9.59 Å². The Hall–Kier alpha value is -3.92. The Morgan fingerprint density at radius 3 is 2.72 bits per heavy atom. The van der Waals surface area contributed by atoms with Crippen molar-refractivity contribution >= 4 is 47.1 Å². The molecular formula is C22H19N7O2S. The van der Waals surface area contributed by atoms with Crippen molar-refractivity contribution in [2.45, 2.75) is 13.0 Å². The number of nitrogens with one attached hydrogen (secondary N) is 2. The minimum Gasteiger partial charge on any atom is -0.375 e. The van der Waals surface area contributed by atoms with Crippen molar-refractivity contribution in [1.82, 2.24) is 14.9 Å². The lowest BCUT2D eigenvalue weighted by Gasteiger charge is -2.37. The van der Waals surface area contributed by atoms with Crippen LogP contribution in [0.1, 0.15) is 17.3 Å². The number of amides is 1. The molecule has 0 saturated heterocycles. The van der Waals surface area contributed by atoms with Gasteiger partial charge in [0.15, 0.2) is 0 Å². The maximum atomic E-state index is 13.5. The van der Waals surface area contributed by atoms with Crippen molar-refractivity contribution in [2.24, 2.45) is 16.0 Å². The van der Waals surface area contributed by atoms with Gasteiger partial charge in [-0.3, -0.25) is 14.7 Å². The molecular weight excluding hydrogens is 426 g/mol. The van der Waals surface area contributed by atoms with E-state index in [2.05, 4.69) is 20.6 Å². The van der Waals surface area contributed by atoms with E-state index in [1.807, 2.05) is 48.5 Å². The molecule has 9 nitrogen and oxygen atoms in total. The number of H-pyrrole nitrogens is 1. The number of rotatable bonds is 2. The number of hydrogen-bond donors (Lipinski definition) is 2. The summed E-state index contributed by atoms with van der Waals surface area (Å²) in [5, 5.41) is 14.2. The zero-order chi connectivity index (χ0) is 22.4. The van der Waals surface area contributed by atoms with Crippen LogP contribution in [0.5, 0.6) is 0 Å². The average Bonchev–Trinajstić information content (AvgIpc) is 2.97. The van der Waals surface area contributed by atoms with Gasteiger partial charge in [-0.1, -0.05) is 30.3 Å². The van der Waals surface area contributed by atoms with E-state index in [4.69, 9.17) is 17.2 Å². The predicted octanol–water partition coefficient (Wildman–Crippen LogP) is 2.98. The number of carbonyl (C=O) groups is 1. The maximum Gasteiger partial charge on any atom is 0.296 e. The van der Waals surface area contributed by atoms with Gasteiger partial charge in [0.2, 0.25) is 10.7 Å². The number of aliphatic imine (C=N–C) groups is 1. The van der Waals surface area contributed by atoms with Crippen LogP contribution in [0, 0.1) is 17.6 Å². The highest BCUT2D eigenvalue weighted by atomic mass is 32.1. The molecule has 0 spiro atoms. The molecule has 32 heavy (non-hydrogen) atoms. The van der Waals surface area contributed by atoms with Gasteiger partial charge in [0, 0.05) is 12.7 Å². The Bertz CT molecular complexity index is 1420. The van der Waals surface area contributed by atoms with Crippen LogP contribution in [0.25, 0.3) is 0 Å². The minimum absolute atomic E-state index is 0.0542. The first-order chi connectivity index (χ1) is 15.5. The van der Waals surface area contributed by atoms with Gasteiger partial charge in [0.05, 0.1) is 29.3 Å². The lowest BCUT2D eigenvalue weighted by atomic mass is 9.83. The average molecular weight is 446 g/mol. The SMILES string of the molecule is Cc1n[nH]c(=S)n(/N=C/C2=Nc3ccccc3NC3c4ccccc4N(C)C(=O)C23)c1=O. The van der Waals surface area contributed by atoms with Crippen molar-refractivity contribution < 1.29 is 4.79 Å². The lowest BCUT2D eigenvalue weighted by Crippen LogP contribution is -2.46. The Morgan fingerprint density at radius 1 is 1.12 bits per heavy atom. The summed E-state index contributed by atoms with van der Waals surface area (Å²) < 4.78 is 1.10. The van der Waals surface area contributed by atoms with E-state index in [1.54, 1.807) is 18.9 Å². The summed E-state index contributed by atoms with van der Waals surface area (Å²) in [4.78, 5) is 32.3. The number of fused-ring (bicyclic) bond motifs is 4. The van der Waals surface area contributed by atoms with E-state index in [0.29, 0.717) is 11.4 Å². The molecule has 2 aliphatic heterocycles. The molecule has 2 unspecified atom stereocenters. The monoisotopic (exact) mass is 445 g/mol. The van der Waals surface area contributed by atoms with Crippen molar-refractivity contribution in [1.29, 1.82) is 0 Å². The van der Waals surface area contributed by atoms with Crippen LogP contribution in [0.3, 0.4) is 0 Å². The number of hydrogen-bond acceptors (Lipinski definition) is 7. The van der Waals surface area contributed by atoms with Crippen molar-refractivity contribution in [2.75, 3.05) is 17.3 Å². The molecule has 2 aliphatic rings. The van der Waals surface area contributed by atoms with Gasteiger partial charge in [-0.15, -0.1) is 0 Å². The quantitative estimate of drug-likeness (QED) is 0.466. The number of para-hydroxylation sites is 3. The molecule has 2 aromatic carbocycles. The van der Waals surface area contributed by atoms with Crippen LogP contribution >= 0.6 is 12.2 Å². The second-order valence-corrected chi connectivity index (χ2v) is 7.97. The third kappa shape index (κ3) is 3.16. The van der Waals surface area contributed by atoms with Gasteiger partial charge in [-0.25, -0.2) is 4.99 Å². The van der Waals surface area contributed by atoms with Crippen LogP contribution in [0.15, 0.2) is 63.4 Å². The van der Waals surface area contributed by atoms with E-state index in [-0.39, 0.29) is 22.4 Å². The molecule has 2 atom stereocenters. The smallest absolute Gasteiger partial charge is 0.296 e. The maximum absolute atomic E-state index is 13.5. The van der Waals surface area contributed by atoms with E-state index in [0.717, 1.165) is 21.6 Å². The largest absolute Gasteiger partial charge is 0.375 e. The van der Waals surface area contributed by atoms with Gasteiger partial charge in [0.25, 0.3) is 5.56 Å². The first-order valence-electron chi connectivity index (χ1n) is 9.99. The van der Waals surface area contributed by atoms with E-state index >= 15 is 0 Å². The number of nitrogens with zero attached hydrogens (tertiary/aromatic N) is 5. The summed E-state index contributed by atoms with van der Waals surface area (Å²) in [6.45, 7) is 1.57. The molecule has 1 amide bonds. The molecule has 3 heterocycles. The number of anilines is 2. The van der Waals surface area contributed by atoms with Crippen LogP contribution < -0.4 is 15.8 Å². The first-order valence-corrected chi connectivity index (χ1v) is 10.4. The fraction of sp³-hybridized carbons (Fsp3) is 0.182. The highest BCUT2D eigenvalue weighted by Crippen LogP contribution is 2.43. The minimum atomic E-state index is -0.651. The van der Waals surface area contributed by atoms with E-state index in [1.165, 1.54) is 6.21 Å². The van der Waals surface area contributed by atoms with Gasteiger partial charge in [-0.05, 0) is 42.9 Å². The predicted molar refractivity (Wildman–Crippen MR) is 126 cm³/mol. The fourth-order valence-corrected chi connectivity index (χ4v) is 4.21. The molecule has 0 saturated carbocycles. The Morgan fingerprint density at radius 2 is 1.88 bits per heavy atom. The van der Waals surface area contributed by atoms with Gasteiger partial charge in [0.1, 0.15) is 11.6 Å². The highest BCUT2D eigenvalue weighted by molar-refractivity contribution is 7.71. The van der Waals surface area contributed by atoms with Crippen molar-refractivity contribution in [3.8, 4) is 0 Å². The first kappa shape index (κ1) is 20.0. The molecule has 10 heteroatoms. The summed E-state index contributed by atoms with van der Waals surface area (Å²) in [6, 6.07) is 15.0. The van der Waals surface area contributed by atoms with E-state index < -0.39 is 11.5 Å². The molecule has 0 bridgehead atoms. The molecule has 3 aromatic rings. The van der Waals surface area contributed by atoms with Crippen molar-refractivity contribution in [3.63, 3.8) is 0 Å². The molecule has 1 aromatic heterocycles. The van der Waals surface area contributed by atoms with Crippen LogP contribution in [-0.2, 0) is 4.79 Å². The Kier molecular flexibility index (Phi) is 4.78. The Balaban J connectivity index is 1.70. The summed E-state index contributed by atoms with van der Waals surface area (Å²) in [5.41, 5.74) is 3.52. The van der Waals surface area contributed by atoms with Crippen LogP contribution in [-0.4, -0.2) is 39.8 Å². The molecule has 0 radical (unpaired) electrons. The number of aromatic amines is 1. The molecule has 5 rings (SSSR count). The van der Waals surface area contributed by atoms with Gasteiger partial charge < -0.3 is 10.2 Å². The summed E-state index contributed by atoms with van der Waals surface area (Å²) >= 11 is 5.17. The normalized spacial score (nSPS) is 19.5. The summed E-state index contributed by atoms with van der Waals surface area (Å²) in [5.74, 6) is -0.773. The van der Waals surface area contributed by atoms with Gasteiger partial charge >= 0.3 is 0 Å². The number of carbonyl (C=O) groups excluding carboxylic acids is 1. The highest BCUT2D eigenvalue weighted by Gasteiger charge is 2.43. The fourth-order valence-electron chi connectivity index (χ4n) is 4.04. The second-order valence-electron chi connectivity index (χ2n) is 7.59. The van der Waals surface area contributed by atoms with Crippen LogP contribution in [0.4, 0.5) is 17.1 Å². The number of benzene rings is 2. The zero-order valence-electron chi connectivity index (χ0n) is 17.3.